The van der Waals surface area contributed by atoms with Crippen molar-refractivity contribution >= 4 is 12.1 Å². The molecule has 5 nitrogen and oxygen atoms in total. The molecule has 0 saturated carbocycles. The maximum atomic E-state index is 11.6. The highest BCUT2D eigenvalue weighted by Crippen LogP contribution is 1.98. The monoisotopic (exact) mass is 253 g/mol. The van der Waals surface area contributed by atoms with E-state index in [-0.39, 0.29) is 13.0 Å². The summed E-state index contributed by atoms with van der Waals surface area (Å²) < 4.78 is 9.68. The Hall–Kier alpha value is -1.96. The van der Waals surface area contributed by atoms with E-state index in [4.69, 9.17) is 15.9 Å². The molecule has 1 atom stereocenters. The molecule has 18 heavy (non-hydrogen) atoms. The Kier molecular flexibility index (Phi) is 9.10. The van der Waals surface area contributed by atoms with Crippen LogP contribution in [-0.4, -0.2) is 31.3 Å². The van der Waals surface area contributed by atoms with Crippen molar-refractivity contribution < 1.29 is 19.1 Å². The Morgan fingerprint density at radius 2 is 2.22 bits per heavy atom. The fourth-order valence-corrected chi connectivity index (χ4v) is 1.05. The Labute approximate surface area is 108 Å². The van der Waals surface area contributed by atoms with Crippen molar-refractivity contribution in [3.8, 4) is 12.3 Å². The van der Waals surface area contributed by atoms with Gasteiger partial charge in [0.2, 0.25) is 0 Å². The summed E-state index contributed by atoms with van der Waals surface area (Å²) in [5.74, 6) is 1.76. The first kappa shape index (κ1) is 16.0. The molecule has 0 aliphatic carbocycles. The molecule has 0 aliphatic heterocycles. The van der Waals surface area contributed by atoms with Crippen molar-refractivity contribution in [1.82, 2.24) is 5.32 Å². The molecule has 0 bridgehead atoms. The minimum absolute atomic E-state index is 0.0636. The lowest BCUT2D eigenvalue weighted by atomic mass is 10.2. The van der Waals surface area contributed by atoms with Crippen LogP contribution in [0.4, 0.5) is 4.79 Å². The van der Waals surface area contributed by atoms with E-state index in [1.165, 1.54) is 6.08 Å². The number of hydrogen-bond acceptors (Lipinski definition) is 4. The third kappa shape index (κ3) is 7.34. The van der Waals surface area contributed by atoms with Crippen LogP contribution in [0.5, 0.6) is 0 Å². The predicted octanol–water partition coefficient (Wildman–Crippen LogP) is 1.63. The summed E-state index contributed by atoms with van der Waals surface area (Å²) in [6, 6.07) is -0.871. The number of carbonyl (C=O) groups excluding carboxylic acids is 2. The summed E-state index contributed by atoms with van der Waals surface area (Å²) in [5.41, 5.74) is 0. The summed E-state index contributed by atoms with van der Waals surface area (Å²) in [4.78, 5) is 22.9. The maximum absolute atomic E-state index is 11.6. The summed E-state index contributed by atoms with van der Waals surface area (Å²) in [6.07, 6.45) is 7.59. The Balaban J connectivity index is 4.19. The first-order chi connectivity index (χ1) is 8.65. The second kappa shape index (κ2) is 10.2. The van der Waals surface area contributed by atoms with E-state index in [0.29, 0.717) is 6.61 Å². The summed E-state index contributed by atoms with van der Waals surface area (Å²) in [5, 5.41) is 2.35. The minimum atomic E-state index is -0.871. The number of nitrogens with one attached hydrogen (secondary N) is 1. The summed E-state index contributed by atoms with van der Waals surface area (Å²) >= 11 is 0. The van der Waals surface area contributed by atoms with Gasteiger partial charge in [-0.3, -0.25) is 0 Å². The molecule has 0 heterocycles. The molecule has 0 aliphatic rings. The average Bonchev–Trinajstić information content (AvgIpc) is 2.36. The molecule has 0 aromatic rings. The van der Waals surface area contributed by atoms with E-state index in [1.54, 1.807) is 0 Å². The molecule has 0 saturated heterocycles. The number of terminal acetylenes is 1. The van der Waals surface area contributed by atoms with Crippen molar-refractivity contribution in [2.75, 3.05) is 13.2 Å². The lowest BCUT2D eigenvalue weighted by molar-refractivity contribution is -0.146. The summed E-state index contributed by atoms with van der Waals surface area (Å²) in [6.45, 7) is 5.78. The summed E-state index contributed by atoms with van der Waals surface area (Å²) in [7, 11) is 0. The van der Waals surface area contributed by atoms with Gasteiger partial charge in [0.15, 0.2) is 0 Å². The molecule has 0 spiro atoms. The number of esters is 1. The fraction of sp³-hybridized carbons (Fsp3) is 0.538. The molecular formula is C13H19NO4. The van der Waals surface area contributed by atoms with Crippen LogP contribution >= 0.6 is 0 Å². The van der Waals surface area contributed by atoms with Gasteiger partial charge < -0.3 is 14.8 Å². The second-order valence-corrected chi connectivity index (χ2v) is 3.51. The molecule has 0 radical (unpaired) electrons. The second-order valence-electron chi connectivity index (χ2n) is 3.51. The van der Waals surface area contributed by atoms with Gasteiger partial charge in [-0.25, -0.2) is 9.59 Å². The third-order valence-corrected chi connectivity index (χ3v) is 1.97. The molecule has 1 N–H and O–H groups in total. The van der Waals surface area contributed by atoms with Crippen LogP contribution < -0.4 is 5.32 Å². The quantitative estimate of drug-likeness (QED) is 0.309. The van der Waals surface area contributed by atoms with Crippen LogP contribution in [0.3, 0.4) is 0 Å². The molecule has 1 unspecified atom stereocenters. The van der Waals surface area contributed by atoms with E-state index in [2.05, 4.69) is 17.8 Å². The Morgan fingerprint density at radius 3 is 2.78 bits per heavy atom. The van der Waals surface area contributed by atoms with Crippen molar-refractivity contribution in [1.29, 1.82) is 0 Å². The van der Waals surface area contributed by atoms with Gasteiger partial charge in [0.1, 0.15) is 12.6 Å². The van der Waals surface area contributed by atoms with Crippen molar-refractivity contribution in [2.24, 2.45) is 0 Å². The number of hydrogen-bond donors (Lipinski definition) is 1. The third-order valence-electron chi connectivity index (χ3n) is 1.97. The molecule has 0 fully saturated rings. The maximum Gasteiger partial charge on any atom is 0.408 e. The van der Waals surface area contributed by atoms with Crippen LogP contribution in [0, 0.1) is 12.3 Å². The van der Waals surface area contributed by atoms with Crippen LogP contribution in [0.2, 0.25) is 0 Å². The van der Waals surface area contributed by atoms with Crippen LogP contribution in [0.15, 0.2) is 12.7 Å². The Morgan fingerprint density at radius 1 is 1.50 bits per heavy atom. The number of alkyl carbamates (subject to hydrolysis) is 1. The largest absolute Gasteiger partial charge is 0.464 e. The predicted molar refractivity (Wildman–Crippen MR) is 67.8 cm³/mol. The fourth-order valence-electron chi connectivity index (χ4n) is 1.05. The number of amides is 1. The topological polar surface area (TPSA) is 64.6 Å². The van der Waals surface area contributed by atoms with Gasteiger partial charge in [0.25, 0.3) is 0 Å². The zero-order valence-corrected chi connectivity index (χ0v) is 10.6. The first-order valence-corrected chi connectivity index (χ1v) is 5.80. The molecule has 5 heteroatoms. The highest BCUT2D eigenvalue weighted by molar-refractivity contribution is 5.81. The highest BCUT2D eigenvalue weighted by Gasteiger charge is 2.21. The lowest BCUT2D eigenvalue weighted by Gasteiger charge is -2.15. The van der Waals surface area contributed by atoms with Gasteiger partial charge in [0, 0.05) is 6.42 Å². The van der Waals surface area contributed by atoms with Gasteiger partial charge in [-0.15, -0.1) is 12.3 Å². The first-order valence-electron chi connectivity index (χ1n) is 5.80. The lowest BCUT2D eigenvalue weighted by Crippen LogP contribution is -2.42. The molecule has 0 rings (SSSR count). The van der Waals surface area contributed by atoms with Crippen LogP contribution in [-0.2, 0) is 14.3 Å². The zero-order valence-electron chi connectivity index (χ0n) is 10.6. The highest BCUT2D eigenvalue weighted by atomic mass is 16.6. The Bertz CT molecular complexity index is 319. The SMILES string of the molecule is C#CCC(NC(=O)OCC=C)C(=O)OCCCC. The van der Waals surface area contributed by atoms with Gasteiger partial charge in [-0.05, 0) is 6.42 Å². The van der Waals surface area contributed by atoms with Crippen molar-refractivity contribution in [2.45, 2.75) is 32.2 Å². The average molecular weight is 253 g/mol. The standard InChI is InChI=1S/C13H19NO4/c1-4-7-10-17-12(15)11(8-5-2)14-13(16)18-9-6-3/h2,6,11H,3-4,7-10H2,1H3,(H,14,16). The van der Waals surface area contributed by atoms with E-state index < -0.39 is 18.1 Å². The van der Waals surface area contributed by atoms with Gasteiger partial charge >= 0.3 is 12.1 Å². The van der Waals surface area contributed by atoms with E-state index in [0.717, 1.165) is 12.8 Å². The number of rotatable bonds is 8. The van der Waals surface area contributed by atoms with Crippen molar-refractivity contribution in [3.05, 3.63) is 12.7 Å². The van der Waals surface area contributed by atoms with Gasteiger partial charge in [-0.1, -0.05) is 26.0 Å². The molecular weight excluding hydrogens is 234 g/mol. The van der Waals surface area contributed by atoms with Gasteiger partial charge in [0.05, 0.1) is 6.61 Å². The number of unbranched alkanes of at least 4 members (excludes halogenated alkanes) is 1. The smallest absolute Gasteiger partial charge is 0.408 e. The molecule has 0 aromatic carbocycles. The van der Waals surface area contributed by atoms with Crippen molar-refractivity contribution in [3.63, 3.8) is 0 Å². The van der Waals surface area contributed by atoms with Gasteiger partial charge in [-0.2, -0.15) is 0 Å². The van der Waals surface area contributed by atoms with Crippen LogP contribution in [0.1, 0.15) is 26.2 Å². The number of carbonyl (C=O) groups is 2. The minimum Gasteiger partial charge on any atom is -0.464 e. The molecule has 0 aromatic heterocycles. The van der Waals surface area contributed by atoms with Crippen LogP contribution in [0.25, 0.3) is 0 Å². The number of ether oxygens (including phenoxy) is 2. The zero-order chi connectivity index (χ0) is 13.8. The molecule has 1 amide bonds. The molecule has 100 valence electrons. The normalized spacial score (nSPS) is 10.9. The van der Waals surface area contributed by atoms with E-state index >= 15 is 0 Å². The van der Waals surface area contributed by atoms with E-state index in [9.17, 15) is 9.59 Å². The van der Waals surface area contributed by atoms with E-state index in [1.807, 2.05) is 6.92 Å².